The van der Waals surface area contributed by atoms with Crippen molar-refractivity contribution in [2.45, 2.75) is 18.9 Å². The van der Waals surface area contributed by atoms with E-state index in [0.717, 1.165) is 6.08 Å². The quantitative estimate of drug-likeness (QED) is 0.515. The number of nitrogens with zero attached hydrogens (tertiary/aromatic N) is 2. The summed E-state index contributed by atoms with van der Waals surface area (Å²) in [4.78, 5) is 33.9. The number of hydrogen-bond acceptors (Lipinski definition) is 6. The number of benzene rings is 1. The number of carbonyl (C=O) groups is 2. The minimum absolute atomic E-state index is 0.0730. The van der Waals surface area contributed by atoms with Crippen LogP contribution in [0.2, 0.25) is 0 Å². The molecule has 0 aliphatic heterocycles. The molecule has 0 aromatic heterocycles. The smallest absolute Gasteiger partial charge is 0.315 e. The fourth-order valence-corrected chi connectivity index (χ4v) is 2.50. The van der Waals surface area contributed by atoms with Gasteiger partial charge < -0.3 is 9.78 Å². The monoisotopic (exact) mass is 308 g/mol. The molecule has 0 fully saturated rings. The second-order valence-corrected chi connectivity index (χ2v) is 5.43. The molecule has 2 atom stereocenters. The van der Waals surface area contributed by atoms with Crippen LogP contribution in [0.3, 0.4) is 0 Å². The molecule has 110 valence electrons. The van der Waals surface area contributed by atoms with E-state index in [0.29, 0.717) is 5.69 Å². The maximum absolute atomic E-state index is 12.2. The molecule has 21 heavy (non-hydrogen) atoms. The maximum Gasteiger partial charge on any atom is 0.315 e. The van der Waals surface area contributed by atoms with E-state index in [-0.39, 0.29) is 12.2 Å². The molecule has 0 radical (unpaired) electrons. The normalized spacial score (nSPS) is 21.9. The van der Waals surface area contributed by atoms with Gasteiger partial charge in [-0.3, -0.25) is 19.7 Å². The molecule has 1 aliphatic rings. The number of hydrogen-bond donors (Lipinski definition) is 1. The van der Waals surface area contributed by atoms with Gasteiger partial charge in [0.15, 0.2) is 5.78 Å². The molecule has 0 bridgehead atoms. The summed E-state index contributed by atoms with van der Waals surface area (Å²) in [5, 5.41) is 20.0. The fraction of sp³-hybridized carbons (Fsp3) is 0.231. The molecule has 0 heterocycles. The van der Waals surface area contributed by atoms with E-state index in [4.69, 9.17) is 0 Å². The molecule has 1 N–H and O–H groups in total. The maximum atomic E-state index is 12.2. The van der Waals surface area contributed by atoms with Crippen LogP contribution >= 0.6 is 9.39 Å². The van der Waals surface area contributed by atoms with E-state index in [1.165, 1.54) is 16.8 Å². The van der Waals surface area contributed by atoms with Gasteiger partial charge in [0.25, 0.3) is 0 Å². The number of Topliss-reactive ketones (excluding diaryl/α,β-unsaturated/α-hetero) is 1. The number of nitro groups is 1. The molecule has 0 spiro atoms. The highest BCUT2D eigenvalue weighted by molar-refractivity contribution is 7.19. The van der Waals surface area contributed by atoms with Gasteiger partial charge in [0, 0.05) is 12.1 Å². The van der Waals surface area contributed by atoms with Crippen molar-refractivity contribution < 1.29 is 19.6 Å². The third-order valence-electron chi connectivity index (χ3n) is 3.45. The molecule has 0 saturated carbocycles. The first-order chi connectivity index (χ1) is 9.75. The Bertz CT molecular complexity index is 655. The average molecular weight is 308 g/mol. The van der Waals surface area contributed by atoms with Crippen LogP contribution in [0.25, 0.3) is 0 Å². The molecule has 8 heteroatoms. The summed E-state index contributed by atoms with van der Waals surface area (Å²) in [6.45, 7) is 1.54. The molecule has 1 aromatic rings. The largest absolute Gasteiger partial charge is 0.508 e. The number of rotatable bonds is 3. The van der Waals surface area contributed by atoms with Crippen molar-refractivity contribution in [3.63, 3.8) is 0 Å². The van der Waals surface area contributed by atoms with Crippen molar-refractivity contribution in [1.82, 2.24) is 0 Å². The van der Waals surface area contributed by atoms with Crippen molar-refractivity contribution in [3.05, 3.63) is 46.2 Å². The third-order valence-corrected chi connectivity index (χ3v) is 4.31. The zero-order valence-electron chi connectivity index (χ0n) is 11.1. The highest BCUT2D eigenvalue weighted by atomic mass is 31.0. The molecule has 2 rings (SSSR count). The summed E-state index contributed by atoms with van der Waals surface area (Å²) in [6, 6.07) is 6.06. The lowest BCUT2D eigenvalue weighted by Crippen LogP contribution is -2.51. The number of phenolic OH excluding ortho intramolecular Hbond substituents is 1. The highest BCUT2D eigenvalue weighted by Gasteiger charge is 2.46. The summed E-state index contributed by atoms with van der Waals surface area (Å²) in [6.07, 6.45) is 0.492. The number of carbonyl (C=O) groups excluding carboxylic acids is 2. The lowest BCUT2D eigenvalue weighted by molar-refractivity contribution is -0.419. The van der Waals surface area contributed by atoms with Crippen LogP contribution < -0.4 is 4.67 Å². The Morgan fingerprint density at radius 3 is 2.43 bits per heavy atom. The van der Waals surface area contributed by atoms with Gasteiger partial charge in [-0.2, -0.15) is 0 Å². The van der Waals surface area contributed by atoms with Crippen molar-refractivity contribution in [3.8, 4) is 5.75 Å². The summed E-state index contributed by atoms with van der Waals surface area (Å²) in [5.74, 6) is -1.13. The van der Waals surface area contributed by atoms with Crippen LogP contribution in [-0.2, 0) is 9.59 Å². The minimum atomic E-state index is -1.22. The molecule has 0 saturated heterocycles. The Labute approximate surface area is 122 Å². The van der Waals surface area contributed by atoms with Crippen LogP contribution in [0.15, 0.2) is 36.0 Å². The van der Waals surface area contributed by atoms with Crippen molar-refractivity contribution in [1.29, 1.82) is 0 Å². The van der Waals surface area contributed by atoms with Gasteiger partial charge in [-0.1, -0.05) is 0 Å². The molecule has 2 unspecified atom stereocenters. The van der Waals surface area contributed by atoms with Crippen LogP contribution in [0.1, 0.15) is 13.3 Å². The first kappa shape index (κ1) is 15.1. The van der Waals surface area contributed by atoms with Crippen LogP contribution in [-0.4, -0.2) is 27.1 Å². The number of allylic oxidation sites excluding steroid dienone is 1. The molecular weight excluding hydrogens is 295 g/mol. The van der Waals surface area contributed by atoms with Gasteiger partial charge in [0.1, 0.15) is 11.3 Å². The first-order valence-electron chi connectivity index (χ1n) is 6.03. The van der Waals surface area contributed by atoms with Gasteiger partial charge >= 0.3 is 5.70 Å². The fourth-order valence-electron chi connectivity index (χ4n) is 2.11. The Kier molecular flexibility index (Phi) is 3.78. The van der Waals surface area contributed by atoms with E-state index >= 15 is 0 Å². The highest BCUT2D eigenvalue weighted by Crippen LogP contribution is 2.35. The van der Waals surface area contributed by atoms with E-state index in [1.807, 2.05) is 0 Å². The van der Waals surface area contributed by atoms with Crippen LogP contribution in [0.5, 0.6) is 5.75 Å². The van der Waals surface area contributed by atoms with E-state index < -0.39 is 27.7 Å². The van der Waals surface area contributed by atoms with Gasteiger partial charge in [-0.05, 0) is 40.6 Å². The van der Waals surface area contributed by atoms with E-state index in [1.54, 1.807) is 19.1 Å². The van der Waals surface area contributed by atoms with Gasteiger partial charge in [-0.25, -0.2) is 0 Å². The molecule has 1 aromatic carbocycles. The lowest BCUT2D eigenvalue weighted by atomic mass is 9.84. The van der Waals surface area contributed by atoms with Crippen molar-refractivity contribution in [2.24, 2.45) is 0 Å². The minimum Gasteiger partial charge on any atom is -0.508 e. The number of anilines is 1. The van der Waals surface area contributed by atoms with E-state index in [9.17, 15) is 24.8 Å². The zero-order chi connectivity index (χ0) is 15.8. The standard InChI is InChI=1S/C13H13N2O5P/c1-13(14(21)8-2-4-9(16)5-3-8)7-11(17)10(15(19)20)6-12(13)18/h2-6,16H,7,21H2,1H3. The Hall–Kier alpha value is -2.27. The van der Waals surface area contributed by atoms with Crippen molar-refractivity contribution >= 4 is 26.6 Å². The summed E-state index contributed by atoms with van der Waals surface area (Å²) in [5.41, 5.74) is -1.32. The number of phenols is 1. The zero-order valence-corrected chi connectivity index (χ0v) is 12.3. The Balaban J connectivity index is 2.39. The van der Waals surface area contributed by atoms with Crippen LogP contribution in [0, 0.1) is 10.1 Å². The predicted octanol–water partition coefficient (Wildman–Crippen LogP) is 1.45. The predicted molar refractivity (Wildman–Crippen MR) is 78.4 cm³/mol. The SMILES string of the molecule is CC1(N(P)c2ccc(O)cc2)CC(=O)C([N+](=O)[O-])=CC1=O. The first-order valence-corrected chi connectivity index (χ1v) is 6.55. The summed E-state index contributed by atoms with van der Waals surface area (Å²) < 4.78 is 1.50. The number of ketones is 2. The summed E-state index contributed by atoms with van der Waals surface area (Å²) >= 11 is 0. The van der Waals surface area contributed by atoms with Gasteiger partial charge in [0.05, 0.1) is 11.0 Å². The molecule has 1 aliphatic carbocycles. The molecule has 7 nitrogen and oxygen atoms in total. The summed E-state index contributed by atoms with van der Waals surface area (Å²) in [7, 11) is 2.34. The van der Waals surface area contributed by atoms with Gasteiger partial charge in [0.2, 0.25) is 5.78 Å². The third kappa shape index (κ3) is 2.64. The van der Waals surface area contributed by atoms with Crippen LogP contribution in [0.4, 0.5) is 5.69 Å². The van der Waals surface area contributed by atoms with Crippen molar-refractivity contribution in [2.75, 3.05) is 4.67 Å². The topological polar surface area (TPSA) is 101 Å². The molecular formula is C13H13N2O5P. The Morgan fingerprint density at radius 2 is 1.90 bits per heavy atom. The number of aromatic hydroxyl groups is 1. The Morgan fingerprint density at radius 1 is 1.33 bits per heavy atom. The van der Waals surface area contributed by atoms with Gasteiger partial charge in [-0.15, -0.1) is 0 Å². The van der Waals surface area contributed by atoms with E-state index in [2.05, 4.69) is 9.39 Å². The second kappa shape index (κ2) is 5.26. The average Bonchev–Trinajstić information content (AvgIpc) is 2.42. The second-order valence-electron chi connectivity index (χ2n) is 4.91. The molecule has 0 amide bonds. The lowest BCUT2D eigenvalue weighted by Gasteiger charge is -2.38.